The van der Waals surface area contributed by atoms with Gasteiger partial charge in [-0.1, -0.05) is 6.92 Å². The van der Waals surface area contributed by atoms with Crippen molar-refractivity contribution in [1.29, 1.82) is 5.26 Å². The smallest absolute Gasteiger partial charge is 0.224 e. The number of amides is 1. The van der Waals surface area contributed by atoms with Gasteiger partial charge in [-0.05, 0) is 37.1 Å². The van der Waals surface area contributed by atoms with Gasteiger partial charge < -0.3 is 11.1 Å². The summed E-state index contributed by atoms with van der Waals surface area (Å²) in [5, 5.41) is 11.4. The van der Waals surface area contributed by atoms with Crippen LogP contribution in [0.2, 0.25) is 0 Å². The van der Waals surface area contributed by atoms with Crippen LogP contribution in [-0.2, 0) is 4.79 Å². The van der Waals surface area contributed by atoms with Gasteiger partial charge in [-0.15, -0.1) is 0 Å². The third kappa shape index (κ3) is 4.15. The predicted octanol–water partition coefficient (Wildman–Crippen LogP) is 2.01. The van der Waals surface area contributed by atoms with Crippen molar-refractivity contribution in [2.24, 2.45) is 11.7 Å². The molecule has 1 aromatic rings. The Morgan fingerprint density at radius 2 is 2.33 bits per heavy atom. The minimum absolute atomic E-state index is 0.121. The van der Waals surface area contributed by atoms with E-state index in [1.54, 1.807) is 0 Å². The van der Waals surface area contributed by atoms with E-state index in [4.69, 9.17) is 11.0 Å². The summed E-state index contributed by atoms with van der Waals surface area (Å²) in [5.41, 5.74) is 5.91. The molecule has 0 spiro atoms. The van der Waals surface area contributed by atoms with Crippen LogP contribution in [0, 0.1) is 23.1 Å². The van der Waals surface area contributed by atoms with E-state index in [-0.39, 0.29) is 17.4 Å². The number of hydrogen-bond donors (Lipinski definition) is 2. The van der Waals surface area contributed by atoms with E-state index in [0.29, 0.717) is 25.1 Å². The molecule has 96 valence electrons. The van der Waals surface area contributed by atoms with Crippen LogP contribution in [0.4, 0.5) is 10.1 Å². The number of hydrogen-bond acceptors (Lipinski definition) is 3. The highest BCUT2D eigenvalue weighted by Gasteiger charge is 2.09. The van der Waals surface area contributed by atoms with Crippen molar-refractivity contribution < 1.29 is 9.18 Å². The average Bonchev–Trinajstić information content (AvgIpc) is 2.37. The fraction of sp³-hybridized carbons (Fsp3) is 0.385. The second-order valence-electron chi connectivity index (χ2n) is 4.23. The third-order valence-corrected chi connectivity index (χ3v) is 2.64. The largest absolute Gasteiger partial charge is 0.330 e. The first-order chi connectivity index (χ1) is 8.56. The lowest BCUT2D eigenvalue weighted by molar-refractivity contribution is -0.116. The Morgan fingerprint density at radius 1 is 1.61 bits per heavy atom. The molecule has 4 nitrogen and oxygen atoms in total. The summed E-state index contributed by atoms with van der Waals surface area (Å²) in [6.07, 6.45) is 1.02. The van der Waals surface area contributed by atoms with Crippen molar-refractivity contribution in [2.75, 3.05) is 11.9 Å². The molecule has 0 saturated heterocycles. The van der Waals surface area contributed by atoms with Gasteiger partial charge in [0, 0.05) is 6.42 Å². The molecule has 0 aliphatic rings. The molecule has 0 aromatic heterocycles. The summed E-state index contributed by atoms with van der Waals surface area (Å²) < 4.78 is 12.9. The van der Waals surface area contributed by atoms with Gasteiger partial charge in [0.15, 0.2) is 0 Å². The van der Waals surface area contributed by atoms with Crippen molar-refractivity contribution in [3.05, 3.63) is 29.6 Å². The van der Waals surface area contributed by atoms with Crippen LogP contribution in [0.15, 0.2) is 18.2 Å². The van der Waals surface area contributed by atoms with Crippen LogP contribution in [0.25, 0.3) is 0 Å². The Hall–Kier alpha value is -1.93. The van der Waals surface area contributed by atoms with Crippen LogP contribution >= 0.6 is 0 Å². The van der Waals surface area contributed by atoms with E-state index >= 15 is 0 Å². The van der Waals surface area contributed by atoms with Gasteiger partial charge in [0.05, 0.1) is 11.3 Å². The van der Waals surface area contributed by atoms with E-state index in [1.807, 2.05) is 13.0 Å². The lowest BCUT2D eigenvalue weighted by Gasteiger charge is -2.09. The predicted molar refractivity (Wildman–Crippen MR) is 67.2 cm³/mol. The monoisotopic (exact) mass is 249 g/mol. The summed E-state index contributed by atoms with van der Waals surface area (Å²) >= 11 is 0. The number of carbonyl (C=O) groups excluding carboxylic acids is 1. The Labute approximate surface area is 106 Å². The molecule has 5 heteroatoms. The molecule has 0 fully saturated rings. The Kier molecular flexibility index (Phi) is 5.28. The number of nitriles is 1. The zero-order valence-electron chi connectivity index (χ0n) is 10.2. The van der Waals surface area contributed by atoms with E-state index < -0.39 is 5.82 Å². The summed E-state index contributed by atoms with van der Waals surface area (Å²) in [6.45, 7) is 2.50. The number of nitrogens with two attached hydrogens (primary N) is 1. The molecule has 0 aliphatic carbocycles. The molecule has 1 rings (SSSR count). The molecule has 3 N–H and O–H groups in total. The van der Waals surface area contributed by atoms with Crippen LogP contribution in [0.1, 0.15) is 25.3 Å². The number of benzene rings is 1. The zero-order valence-corrected chi connectivity index (χ0v) is 10.2. The molecule has 0 aliphatic heterocycles. The lowest BCUT2D eigenvalue weighted by Crippen LogP contribution is -2.16. The average molecular weight is 249 g/mol. The molecule has 0 saturated carbocycles. The first-order valence-corrected chi connectivity index (χ1v) is 5.76. The number of nitrogens with one attached hydrogen (secondary N) is 1. The molecule has 0 heterocycles. The van der Waals surface area contributed by atoms with E-state index in [1.165, 1.54) is 12.1 Å². The van der Waals surface area contributed by atoms with Crippen molar-refractivity contribution in [1.82, 2.24) is 0 Å². The zero-order chi connectivity index (χ0) is 13.5. The number of rotatable bonds is 5. The Bertz CT molecular complexity index is 468. The van der Waals surface area contributed by atoms with Gasteiger partial charge in [0.2, 0.25) is 5.91 Å². The number of nitrogens with zero attached hydrogens (tertiary/aromatic N) is 1. The maximum Gasteiger partial charge on any atom is 0.224 e. The Morgan fingerprint density at radius 3 is 2.94 bits per heavy atom. The van der Waals surface area contributed by atoms with Gasteiger partial charge in [-0.2, -0.15) is 5.26 Å². The molecule has 1 atom stereocenters. The molecule has 1 aromatic carbocycles. The van der Waals surface area contributed by atoms with Crippen LogP contribution in [0.3, 0.4) is 0 Å². The van der Waals surface area contributed by atoms with Crippen molar-refractivity contribution in [3.63, 3.8) is 0 Å². The minimum atomic E-state index is -0.499. The van der Waals surface area contributed by atoms with Crippen molar-refractivity contribution in [3.8, 4) is 6.07 Å². The normalized spacial score (nSPS) is 11.7. The second-order valence-corrected chi connectivity index (χ2v) is 4.23. The molecule has 0 radical (unpaired) electrons. The summed E-state index contributed by atoms with van der Waals surface area (Å²) in [4.78, 5) is 11.6. The molecule has 1 amide bonds. The maximum absolute atomic E-state index is 12.9. The number of carbonyl (C=O) groups is 1. The van der Waals surface area contributed by atoms with Gasteiger partial charge in [0.25, 0.3) is 0 Å². The standard InChI is InChI=1S/C13H16FN3O/c1-9(7-15)2-5-13(18)17-12-4-3-11(14)6-10(12)8-16/h3-4,6,9H,2,5,7,15H2,1H3,(H,17,18). The fourth-order valence-corrected chi connectivity index (χ4v) is 1.43. The van der Waals surface area contributed by atoms with Crippen molar-refractivity contribution >= 4 is 11.6 Å². The highest BCUT2D eigenvalue weighted by molar-refractivity contribution is 5.92. The highest BCUT2D eigenvalue weighted by atomic mass is 19.1. The van der Waals surface area contributed by atoms with Crippen molar-refractivity contribution in [2.45, 2.75) is 19.8 Å². The van der Waals surface area contributed by atoms with Crippen LogP contribution in [-0.4, -0.2) is 12.5 Å². The van der Waals surface area contributed by atoms with Crippen LogP contribution in [0.5, 0.6) is 0 Å². The van der Waals surface area contributed by atoms with Gasteiger partial charge in [0.1, 0.15) is 11.9 Å². The molecular formula is C13H16FN3O. The van der Waals surface area contributed by atoms with Crippen LogP contribution < -0.4 is 11.1 Å². The molecular weight excluding hydrogens is 233 g/mol. The first-order valence-electron chi connectivity index (χ1n) is 5.76. The van der Waals surface area contributed by atoms with Gasteiger partial charge in [-0.3, -0.25) is 4.79 Å². The second kappa shape index (κ2) is 6.72. The number of halogens is 1. The summed E-state index contributed by atoms with van der Waals surface area (Å²) in [6, 6.07) is 5.53. The lowest BCUT2D eigenvalue weighted by atomic mass is 10.1. The summed E-state index contributed by atoms with van der Waals surface area (Å²) in [5.74, 6) is -0.417. The highest BCUT2D eigenvalue weighted by Crippen LogP contribution is 2.16. The van der Waals surface area contributed by atoms with E-state index in [9.17, 15) is 9.18 Å². The van der Waals surface area contributed by atoms with E-state index in [0.717, 1.165) is 6.07 Å². The fourth-order valence-electron chi connectivity index (χ4n) is 1.43. The number of anilines is 1. The maximum atomic E-state index is 12.9. The molecule has 0 bridgehead atoms. The SMILES string of the molecule is CC(CN)CCC(=O)Nc1ccc(F)cc1C#N. The molecule has 18 heavy (non-hydrogen) atoms. The third-order valence-electron chi connectivity index (χ3n) is 2.64. The molecule has 1 unspecified atom stereocenters. The van der Waals surface area contributed by atoms with Gasteiger partial charge in [-0.25, -0.2) is 4.39 Å². The van der Waals surface area contributed by atoms with E-state index in [2.05, 4.69) is 5.32 Å². The summed E-state index contributed by atoms with van der Waals surface area (Å²) in [7, 11) is 0. The Balaban J connectivity index is 2.62. The first kappa shape index (κ1) is 14.1. The topological polar surface area (TPSA) is 78.9 Å². The van der Waals surface area contributed by atoms with Gasteiger partial charge >= 0.3 is 0 Å². The minimum Gasteiger partial charge on any atom is -0.330 e. The quantitative estimate of drug-likeness (QED) is 0.837.